The van der Waals surface area contributed by atoms with Crippen molar-refractivity contribution in [2.75, 3.05) is 13.2 Å². The Kier molecular flexibility index (Phi) is 11.1. The molecule has 0 bridgehead atoms. The average molecular weight is 428 g/mol. The molecular weight excluding hydrogens is 390 g/mol. The second-order valence-corrected chi connectivity index (χ2v) is 8.51. The fraction of sp³-hybridized carbons (Fsp3) is 0.667. The number of hydroxylamine groups is 4. The van der Waals surface area contributed by atoms with Crippen LogP contribution in [-0.2, 0) is 14.4 Å². The Balaban J connectivity index is 0.000000496. The van der Waals surface area contributed by atoms with Gasteiger partial charge < -0.3 is 15.4 Å². The van der Waals surface area contributed by atoms with E-state index in [0.717, 1.165) is 0 Å². The molecule has 0 atom stereocenters. The van der Waals surface area contributed by atoms with Gasteiger partial charge in [0.25, 0.3) is 0 Å². The molecule has 2 rings (SSSR count). The number of carbonyl (C=O) groups is 2. The van der Waals surface area contributed by atoms with Crippen LogP contribution in [0.3, 0.4) is 0 Å². The molecule has 0 spiro atoms. The van der Waals surface area contributed by atoms with Gasteiger partial charge in [0.1, 0.15) is 0 Å². The lowest BCUT2D eigenvalue weighted by Crippen LogP contribution is -2.76. The van der Waals surface area contributed by atoms with E-state index >= 15 is 0 Å². The van der Waals surface area contributed by atoms with Gasteiger partial charge in [0.05, 0.1) is 36.1 Å². The molecule has 0 unspecified atom stereocenters. The van der Waals surface area contributed by atoms with Crippen LogP contribution in [0.5, 0.6) is 0 Å². The third-order valence-corrected chi connectivity index (χ3v) is 5.11. The Morgan fingerprint density at radius 3 is 1.70 bits per heavy atom. The van der Waals surface area contributed by atoms with Crippen molar-refractivity contribution in [3.63, 3.8) is 0 Å². The molecule has 1 saturated heterocycles. The van der Waals surface area contributed by atoms with Gasteiger partial charge in [0.2, 0.25) is 0 Å². The summed E-state index contributed by atoms with van der Waals surface area (Å²) in [7, 11) is 0. The predicted molar refractivity (Wildman–Crippen MR) is 113 cm³/mol. The zero-order chi connectivity index (χ0) is 23.6. The van der Waals surface area contributed by atoms with Gasteiger partial charge in [-0.05, 0) is 60.6 Å². The van der Waals surface area contributed by atoms with Crippen molar-refractivity contribution >= 4 is 11.9 Å². The van der Waals surface area contributed by atoms with Gasteiger partial charge in [-0.1, -0.05) is 6.07 Å². The molecule has 2 heterocycles. The zero-order valence-corrected chi connectivity index (χ0v) is 19.1. The fourth-order valence-corrected chi connectivity index (χ4v) is 2.94. The molecule has 1 aliphatic heterocycles. The number of aromatic nitrogens is 1. The third kappa shape index (κ3) is 8.35. The summed E-state index contributed by atoms with van der Waals surface area (Å²) in [5.41, 5.74) is -0.818. The minimum atomic E-state index is -1.08. The second kappa shape index (κ2) is 11.9. The van der Waals surface area contributed by atoms with E-state index in [1.807, 2.05) is 44.0 Å². The van der Waals surface area contributed by atoms with Crippen LogP contribution >= 0.6 is 0 Å². The Labute approximate surface area is 179 Å². The van der Waals surface area contributed by atoms with Crippen LogP contribution in [0.2, 0.25) is 0 Å². The first-order chi connectivity index (χ1) is 13.7. The molecule has 0 aromatic carbocycles. The number of nitrogens with zero attached hydrogens (tertiary/aromatic N) is 3. The molecule has 9 heteroatoms. The summed E-state index contributed by atoms with van der Waals surface area (Å²) in [4.78, 5) is 28.9. The SMILES string of the molecule is CCON1C(C)(C)CN(O)C(C)(C)C1(C)C.O=C(O)CCC(=O)O.c1ccncc1. The summed E-state index contributed by atoms with van der Waals surface area (Å²) in [6.45, 7) is 15.7. The Hall–Kier alpha value is -2.07. The number of hydrogen-bond donors (Lipinski definition) is 3. The average Bonchev–Trinajstić information content (AvgIpc) is 2.65. The molecule has 30 heavy (non-hydrogen) atoms. The highest BCUT2D eigenvalue weighted by Gasteiger charge is 2.56. The summed E-state index contributed by atoms with van der Waals surface area (Å²) in [6.07, 6.45) is 2.91. The molecule has 0 aliphatic carbocycles. The molecule has 1 aliphatic rings. The highest BCUT2D eigenvalue weighted by molar-refractivity contribution is 5.75. The zero-order valence-electron chi connectivity index (χ0n) is 19.1. The minimum absolute atomic E-state index is 0.205. The maximum absolute atomic E-state index is 10.1. The van der Waals surface area contributed by atoms with E-state index in [4.69, 9.17) is 15.1 Å². The smallest absolute Gasteiger partial charge is 0.303 e. The van der Waals surface area contributed by atoms with Crippen LogP contribution in [0.4, 0.5) is 0 Å². The summed E-state index contributed by atoms with van der Waals surface area (Å²) < 4.78 is 0. The van der Waals surface area contributed by atoms with E-state index in [9.17, 15) is 14.8 Å². The summed E-state index contributed by atoms with van der Waals surface area (Å²) in [6, 6.07) is 5.72. The number of carboxylic acid groups (broad SMARTS) is 2. The quantitative estimate of drug-likeness (QED) is 0.649. The maximum atomic E-state index is 10.1. The molecule has 9 nitrogen and oxygen atoms in total. The van der Waals surface area contributed by atoms with Crippen LogP contribution in [0, 0.1) is 0 Å². The van der Waals surface area contributed by atoms with E-state index in [1.165, 1.54) is 5.06 Å². The molecule has 172 valence electrons. The number of rotatable bonds is 5. The van der Waals surface area contributed by atoms with Crippen molar-refractivity contribution in [3.8, 4) is 0 Å². The molecule has 1 aromatic rings. The van der Waals surface area contributed by atoms with E-state index < -0.39 is 11.9 Å². The topological polar surface area (TPSA) is 123 Å². The van der Waals surface area contributed by atoms with Gasteiger partial charge in [0.15, 0.2) is 0 Å². The molecule has 1 aromatic heterocycles. The number of hydrogen-bond acceptors (Lipinski definition) is 7. The molecule has 3 N–H and O–H groups in total. The number of carboxylic acids is 2. The van der Waals surface area contributed by atoms with Crippen molar-refractivity contribution in [2.24, 2.45) is 0 Å². The first-order valence-electron chi connectivity index (χ1n) is 9.88. The summed E-state index contributed by atoms with van der Waals surface area (Å²) in [5, 5.41) is 29.4. The molecule has 0 radical (unpaired) electrons. The van der Waals surface area contributed by atoms with E-state index in [0.29, 0.717) is 13.2 Å². The van der Waals surface area contributed by atoms with Crippen molar-refractivity contribution in [2.45, 2.75) is 77.9 Å². The lowest BCUT2D eigenvalue weighted by atomic mass is 9.76. The molecule has 0 amide bonds. The van der Waals surface area contributed by atoms with Crippen LogP contribution in [0.1, 0.15) is 61.3 Å². The predicted octanol–water partition coefficient (Wildman–Crippen LogP) is 3.30. The largest absolute Gasteiger partial charge is 0.481 e. The lowest BCUT2D eigenvalue weighted by molar-refractivity contribution is -0.358. The number of piperazine rings is 1. The summed E-state index contributed by atoms with van der Waals surface area (Å²) >= 11 is 0. The van der Waals surface area contributed by atoms with Crippen molar-refractivity contribution < 1.29 is 29.8 Å². The fourth-order valence-electron chi connectivity index (χ4n) is 2.94. The van der Waals surface area contributed by atoms with Gasteiger partial charge in [-0.3, -0.25) is 19.4 Å². The van der Waals surface area contributed by atoms with Crippen LogP contribution in [-0.4, -0.2) is 72.2 Å². The minimum Gasteiger partial charge on any atom is -0.481 e. The molecule has 0 saturated carbocycles. The molecular formula is C21H37N3O6. The van der Waals surface area contributed by atoms with Gasteiger partial charge in [0, 0.05) is 18.9 Å². The third-order valence-electron chi connectivity index (χ3n) is 5.11. The number of aliphatic carboxylic acids is 2. The van der Waals surface area contributed by atoms with Crippen molar-refractivity contribution in [1.82, 2.24) is 15.1 Å². The van der Waals surface area contributed by atoms with Gasteiger partial charge in [-0.2, -0.15) is 10.1 Å². The monoisotopic (exact) mass is 427 g/mol. The van der Waals surface area contributed by atoms with Crippen LogP contribution in [0.15, 0.2) is 30.6 Å². The van der Waals surface area contributed by atoms with Gasteiger partial charge in [-0.15, -0.1) is 0 Å². The Morgan fingerprint density at radius 1 is 0.933 bits per heavy atom. The van der Waals surface area contributed by atoms with E-state index in [1.54, 1.807) is 12.4 Å². The van der Waals surface area contributed by atoms with Crippen molar-refractivity contribution in [1.29, 1.82) is 0 Å². The summed E-state index contributed by atoms with van der Waals surface area (Å²) in [5.74, 6) is -2.15. The first kappa shape index (κ1) is 27.9. The standard InChI is InChI=1S/C12H26N2O2.C5H5N.C4H6O4/c1-8-16-14-10(2,3)9-13(15)11(4,5)12(14,6)7;1-2-4-6-5-3-1;5-3(6)1-2-4(7)8/h15H,8-9H2,1-7H3;1-5H;1-2H2,(H,5,6)(H,7,8). The highest BCUT2D eigenvalue weighted by atomic mass is 16.7. The van der Waals surface area contributed by atoms with Crippen molar-refractivity contribution in [3.05, 3.63) is 30.6 Å². The first-order valence-corrected chi connectivity index (χ1v) is 9.88. The Morgan fingerprint density at radius 2 is 1.40 bits per heavy atom. The second-order valence-electron chi connectivity index (χ2n) is 8.51. The van der Waals surface area contributed by atoms with Crippen LogP contribution < -0.4 is 0 Å². The van der Waals surface area contributed by atoms with Crippen LogP contribution in [0.25, 0.3) is 0 Å². The van der Waals surface area contributed by atoms with E-state index in [2.05, 4.69) is 32.7 Å². The van der Waals surface area contributed by atoms with E-state index in [-0.39, 0.29) is 29.5 Å². The van der Waals surface area contributed by atoms with Gasteiger partial charge in [-0.25, -0.2) is 0 Å². The highest BCUT2D eigenvalue weighted by Crippen LogP contribution is 2.42. The maximum Gasteiger partial charge on any atom is 0.303 e. The van der Waals surface area contributed by atoms with Gasteiger partial charge >= 0.3 is 11.9 Å². The number of pyridine rings is 1. The lowest BCUT2D eigenvalue weighted by Gasteiger charge is -2.61. The Bertz CT molecular complexity index is 609. The normalized spacial score (nSPS) is 19.5. The molecule has 1 fully saturated rings.